The molecule has 3 rings (SSSR count). The molecule has 30 heavy (non-hydrogen) atoms. The first-order valence-corrected chi connectivity index (χ1v) is 10.3. The molecule has 2 amide bonds. The Morgan fingerprint density at radius 2 is 2.20 bits per heavy atom. The number of nitrogens with one attached hydrogen (secondary N) is 1. The van der Waals surface area contributed by atoms with Crippen LogP contribution >= 0.6 is 11.3 Å². The third-order valence-corrected chi connectivity index (χ3v) is 5.56. The monoisotopic (exact) mass is 425 g/mol. The van der Waals surface area contributed by atoms with Gasteiger partial charge in [-0.25, -0.2) is 4.79 Å². The minimum absolute atomic E-state index is 0.346. The Kier molecular flexibility index (Phi) is 6.14. The average Bonchev–Trinajstić information content (AvgIpc) is 3.28. The van der Waals surface area contributed by atoms with E-state index in [1.165, 1.54) is 17.5 Å². The second-order valence-electron chi connectivity index (χ2n) is 7.87. The molecule has 0 saturated carbocycles. The Bertz CT molecular complexity index is 1050. The van der Waals surface area contributed by atoms with Gasteiger partial charge in [0.1, 0.15) is 16.7 Å². The summed E-state index contributed by atoms with van der Waals surface area (Å²) in [6.07, 6.45) is 9.01. The van der Waals surface area contributed by atoms with Gasteiger partial charge in [-0.2, -0.15) is 10.4 Å². The van der Waals surface area contributed by atoms with E-state index in [2.05, 4.69) is 22.4 Å². The Morgan fingerprint density at radius 1 is 1.43 bits per heavy atom. The number of hydrogen-bond acceptors (Lipinski definition) is 6. The number of aromatic nitrogens is 2. The number of nitriles is 1. The van der Waals surface area contributed by atoms with Gasteiger partial charge >= 0.3 is 6.09 Å². The van der Waals surface area contributed by atoms with Gasteiger partial charge in [0.25, 0.3) is 5.91 Å². The summed E-state index contributed by atoms with van der Waals surface area (Å²) in [6.45, 7) is 6.80. The summed E-state index contributed by atoms with van der Waals surface area (Å²) in [5, 5.41) is 17.1. The zero-order valence-corrected chi connectivity index (χ0v) is 18.0. The predicted molar refractivity (Wildman–Crippen MR) is 113 cm³/mol. The highest BCUT2D eigenvalue weighted by atomic mass is 32.1. The van der Waals surface area contributed by atoms with Gasteiger partial charge in [-0.1, -0.05) is 0 Å². The molecule has 1 aliphatic rings. The van der Waals surface area contributed by atoms with E-state index in [9.17, 15) is 14.9 Å². The number of hydrogen-bond donors (Lipinski definition) is 1. The lowest BCUT2D eigenvalue weighted by atomic mass is 10.0. The van der Waals surface area contributed by atoms with Crippen LogP contribution in [0.2, 0.25) is 0 Å². The van der Waals surface area contributed by atoms with E-state index in [-0.39, 0.29) is 12.0 Å². The Balaban J connectivity index is 1.75. The summed E-state index contributed by atoms with van der Waals surface area (Å²) in [7, 11) is 0. The number of nitrogens with zero attached hydrogens (tertiary/aromatic N) is 4. The normalized spacial score (nSPS) is 13.2. The molecule has 1 N–H and O–H groups in total. The molecule has 156 valence electrons. The van der Waals surface area contributed by atoms with Crippen molar-refractivity contribution in [1.29, 1.82) is 5.26 Å². The molecule has 2 aromatic rings. The summed E-state index contributed by atoms with van der Waals surface area (Å²) in [6, 6.07) is 2.19. The number of terminal acetylenes is 1. The molecule has 0 radical (unpaired) electrons. The third-order valence-electron chi connectivity index (χ3n) is 4.43. The SMILES string of the molecule is C#CCCn1cc(C(=O)Nc2sc3c(c2C#N)CCN(C(=O)OC(C)(C)C)C3)cn1. The van der Waals surface area contributed by atoms with Crippen LogP contribution in [0.15, 0.2) is 12.4 Å². The van der Waals surface area contributed by atoms with Gasteiger partial charge in [-0.05, 0) is 32.8 Å². The van der Waals surface area contributed by atoms with E-state index in [1.54, 1.807) is 15.8 Å². The zero-order chi connectivity index (χ0) is 21.9. The van der Waals surface area contributed by atoms with Crippen LogP contribution in [0, 0.1) is 23.7 Å². The van der Waals surface area contributed by atoms with Crippen LogP contribution in [0.5, 0.6) is 0 Å². The smallest absolute Gasteiger partial charge is 0.410 e. The highest BCUT2D eigenvalue weighted by Crippen LogP contribution is 2.37. The topological polar surface area (TPSA) is 100 Å². The van der Waals surface area contributed by atoms with Crippen LogP contribution in [0.4, 0.5) is 9.80 Å². The minimum atomic E-state index is -0.575. The summed E-state index contributed by atoms with van der Waals surface area (Å²) in [4.78, 5) is 27.5. The molecule has 3 heterocycles. The number of carbonyl (C=O) groups excluding carboxylic acids is 2. The van der Waals surface area contributed by atoms with E-state index < -0.39 is 5.60 Å². The molecule has 0 atom stereocenters. The van der Waals surface area contributed by atoms with Crippen molar-refractivity contribution in [2.75, 3.05) is 11.9 Å². The van der Waals surface area contributed by atoms with Crippen molar-refractivity contribution in [3.8, 4) is 18.4 Å². The van der Waals surface area contributed by atoms with E-state index >= 15 is 0 Å². The van der Waals surface area contributed by atoms with Gasteiger partial charge in [-0.3, -0.25) is 9.48 Å². The molecule has 0 unspecified atom stereocenters. The highest BCUT2D eigenvalue weighted by Gasteiger charge is 2.30. The molecule has 0 aliphatic carbocycles. The minimum Gasteiger partial charge on any atom is -0.444 e. The molecule has 0 aromatic carbocycles. The summed E-state index contributed by atoms with van der Waals surface area (Å²) >= 11 is 1.31. The van der Waals surface area contributed by atoms with Gasteiger partial charge < -0.3 is 15.0 Å². The quantitative estimate of drug-likeness (QED) is 0.757. The van der Waals surface area contributed by atoms with Crippen molar-refractivity contribution in [1.82, 2.24) is 14.7 Å². The predicted octanol–water partition coefficient (Wildman–Crippen LogP) is 3.39. The van der Waals surface area contributed by atoms with Crippen molar-refractivity contribution in [3.63, 3.8) is 0 Å². The van der Waals surface area contributed by atoms with Crippen molar-refractivity contribution >= 4 is 28.3 Å². The zero-order valence-electron chi connectivity index (χ0n) is 17.2. The van der Waals surface area contributed by atoms with Gasteiger partial charge in [-0.15, -0.1) is 23.7 Å². The maximum Gasteiger partial charge on any atom is 0.410 e. The first-order chi connectivity index (χ1) is 14.2. The molecule has 8 nitrogen and oxygen atoms in total. The maximum atomic E-state index is 12.6. The van der Waals surface area contributed by atoms with Crippen LogP contribution in [0.1, 0.15) is 53.6 Å². The van der Waals surface area contributed by atoms with Crippen LogP contribution in [-0.4, -0.2) is 38.8 Å². The standard InChI is InChI=1S/C21H23N5O3S/c1-5-6-8-26-12-14(11-23-26)18(27)24-19-16(10-22)15-7-9-25(13-17(15)30-19)20(28)29-21(2,3)4/h1,11-12H,6-9,13H2,2-4H3,(H,24,27). The Hall–Kier alpha value is -3.30. The molecule has 0 spiro atoms. The molecule has 0 bridgehead atoms. The number of ether oxygens (including phenoxy) is 1. The van der Waals surface area contributed by atoms with Crippen molar-refractivity contribution in [3.05, 3.63) is 34.0 Å². The summed E-state index contributed by atoms with van der Waals surface area (Å²) in [5.41, 5.74) is 1.14. The second-order valence-corrected chi connectivity index (χ2v) is 8.98. The number of carbonyl (C=O) groups is 2. The van der Waals surface area contributed by atoms with Crippen molar-refractivity contribution in [2.24, 2.45) is 0 Å². The molecular weight excluding hydrogens is 402 g/mol. The number of anilines is 1. The third kappa shape index (κ3) is 4.81. The molecular formula is C21H23N5O3S. The van der Waals surface area contributed by atoms with E-state index in [0.29, 0.717) is 48.6 Å². The Labute approximate surface area is 179 Å². The molecule has 0 saturated heterocycles. The van der Waals surface area contributed by atoms with Crippen LogP contribution < -0.4 is 5.32 Å². The van der Waals surface area contributed by atoms with Crippen LogP contribution in [0.25, 0.3) is 0 Å². The van der Waals surface area contributed by atoms with E-state index in [1.807, 2.05) is 20.8 Å². The van der Waals surface area contributed by atoms with Crippen LogP contribution in [-0.2, 0) is 24.2 Å². The molecule has 1 aliphatic heterocycles. The highest BCUT2D eigenvalue weighted by molar-refractivity contribution is 7.16. The lowest BCUT2D eigenvalue weighted by molar-refractivity contribution is 0.0226. The maximum absolute atomic E-state index is 12.6. The van der Waals surface area contributed by atoms with Gasteiger partial charge in [0.15, 0.2) is 0 Å². The number of amides is 2. The molecule has 2 aromatic heterocycles. The van der Waals surface area contributed by atoms with Gasteiger partial charge in [0.05, 0.1) is 30.4 Å². The second kappa shape index (κ2) is 8.60. The number of aryl methyl sites for hydroxylation is 1. The fourth-order valence-electron chi connectivity index (χ4n) is 3.05. The lowest BCUT2D eigenvalue weighted by Crippen LogP contribution is -2.39. The van der Waals surface area contributed by atoms with Crippen molar-refractivity contribution in [2.45, 2.75) is 52.3 Å². The number of rotatable bonds is 4. The fourth-order valence-corrected chi connectivity index (χ4v) is 4.26. The first-order valence-electron chi connectivity index (χ1n) is 9.51. The summed E-state index contributed by atoms with van der Waals surface area (Å²) in [5.74, 6) is 2.18. The van der Waals surface area contributed by atoms with Crippen molar-refractivity contribution < 1.29 is 14.3 Å². The van der Waals surface area contributed by atoms with E-state index in [0.717, 1.165) is 10.4 Å². The lowest BCUT2D eigenvalue weighted by Gasteiger charge is -2.29. The van der Waals surface area contributed by atoms with E-state index in [4.69, 9.17) is 11.2 Å². The molecule has 0 fully saturated rings. The number of thiophene rings is 1. The average molecular weight is 426 g/mol. The Morgan fingerprint density at radius 3 is 2.87 bits per heavy atom. The number of fused-ring (bicyclic) bond motifs is 1. The van der Waals surface area contributed by atoms with Gasteiger partial charge in [0.2, 0.25) is 0 Å². The molecule has 9 heteroatoms. The van der Waals surface area contributed by atoms with Gasteiger partial charge in [0, 0.05) is 24.0 Å². The fraction of sp³-hybridized carbons (Fsp3) is 0.429. The van der Waals surface area contributed by atoms with Crippen LogP contribution in [0.3, 0.4) is 0 Å². The first kappa shape index (κ1) is 21.4. The largest absolute Gasteiger partial charge is 0.444 e. The summed E-state index contributed by atoms with van der Waals surface area (Å²) < 4.78 is 7.05.